The molecule has 1 fully saturated rings. The Morgan fingerprint density at radius 3 is 2.59 bits per heavy atom. The molecule has 4 rings (SSSR count). The minimum Gasteiger partial charge on any atom is -0.497 e. The van der Waals surface area contributed by atoms with Crippen LogP contribution in [0.5, 0.6) is 5.75 Å². The molecule has 3 aromatic rings. The van der Waals surface area contributed by atoms with Crippen molar-refractivity contribution in [2.45, 2.75) is 39.3 Å². The topological polar surface area (TPSA) is 42.7 Å². The fraction of sp³-hybridized carbons (Fsp3) is 0.348. The van der Waals surface area contributed by atoms with Crippen molar-refractivity contribution in [2.24, 2.45) is 0 Å². The third-order valence-electron chi connectivity index (χ3n) is 5.68. The molecule has 1 aliphatic heterocycles. The van der Waals surface area contributed by atoms with Crippen LogP contribution in [0.3, 0.4) is 0 Å². The Morgan fingerprint density at radius 2 is 1.85 bits per heavy atom. The number of rotatable bonds is 4. The van der Waals surface area contributed by atoms with Crippen LogP contribution in [0.15, 0.2) is 51.7 Å². The van der Waals surface area contributed by atoms with Gasteiger partial charge in [-0.25, -0.2) is 4.79 Å². The maximum atomic E-state index is 12.1. The molecule has 0 bridgehead atoms. The van der Waals surface area contributed by atoms with Crippen LogP contribution >= 0.6 is 0 Å². The van der Waals surface area contributed by atoms with Crippen molar-refractivity contribution < 1.29 is 9.15 Å². The first kappa shape index (κ1) is 17.8. The van der Waals surface area contributed by atoms with Crippen LogP contribution in [-0.2, 0) is 6.54 Å². The zero-order valence-corrected chi connectivity index (χ0v) is 16.1. The zero-order chi connectivity index (χ0) is 19.0. The van der Waals surface area contributed by atoms with E-state index >= 15 is 0 Å². The quantitative estimate of drug-likeness (QED) is 0.627. The van der Waals surface area contributed by atoms with E-state index in [2.05, 4.69) is 30.0 Å². The highest BCUT2D eigenvalue weighted by atomic mass is 16.5. The molecule has 1 atom stereocenters. The molecular weight excluding hydrogens is 338 g/mol. The zero-order valence-electron chi connectivity index (χ0n) is 16.1. The molecule has 4 heteroatoms. The second kappa shape index (κ2) is 7.20. The normalized spacial score (nSPS) is 17.5. The van der Waals surface area contributed by atoms with Gasteiger partial charge in [-0.3, -0.25) is 4.90 Å². The van der Waals surface area contributed by atoms with Crippen molar-refractivity contribution in [2.75, 3.05) is 13.7 Å². The minimum absolute atomic E-state index is 0.277. The van der Waals surface area contributed by atoms with E-state index in [0.717, 1.165) is 48.2 Å². The molecule has 1 aliphatic rings. The number of fused-ring (bicyclic) bond motifs is 1. The van der Waals surface area contributed by atoms with E-state index in [4.69, 9.17) is 9.15 Å². The molecule has 0 unspecified atom stereocenters. The largest absolute Gasteiger partial charge is 0.497 e. The Bertz CT molecular complexity index is 1020. The summed E-state index contributed by atoms with van der Waals surface area (Å²) < 4.78 is 10.7. The lowest BCUT2D eigenvalue weighted by molar-refractivity contribution is 0.249. The van der Waals surface area contributed by atoms with Gasteiger partial charge in [0.05, 0.1) is 7.11 Å². The van der Waals surface area contributed by atoms with Gasteiger partial charge in [0.15, 0.2) is 0 Å². The average molecular weight is 363 g/mol. The van der Waals surface area contributed by atoms with E-state index in [1.54, 1.807) is 13.2 Å². The van der Waals surface area contributed by atoms with Crippen molar-refractivity contribution in [3.05, 3.63) is 75.1 Å². The molecule has 0 radical (unpaired) electrons. The van der Waals surface area contributed by atoms with Crippen LogP contribution in [0.1, 0.15) is 41.1 Å². The summed E-state index contributed by atoms with van der Waals surface area (Å²) in [7, 11) is 1.69. The summed E-state index contributed by atoms with van der Waals surface area (Å²) >= 11 is 0. The highest BCUT2D eigenvalue weighted by Crippen LogP contribution is 2.35. The van der Waals surface area contributed by atoms with Crippen molar-refractivity contribution in [3.8, 4) is 5.75 Å². The maximum Gasteiger partial charge on any atom is 0.336 e. The number of aryl methyl sites for hydroxylation is 2. The predicted octanol–water partition coefficient (Wildman–Crippen LogP) is 4.76. The van der Waals surface area contributed by atoms with Crippen LogP contribution in [0, 0.1) is 13.8 Å². The number of likely N-dealkylation sites (tertiary alicyclic amines) is 1. The Balaban J connectivity index is 1.68. The lowest BCUT2D eigenvalue weighted by Gasteiger charge is -2.25. The van der Waals surface area contributed by atoms with Crippen molar-refractivity contribution >= 4 is 11.0 Å². The number of methoxy groups -OCH3 is 1. The van der Waals surface area contributed by atoms with Gasteiger partial charge in [-0.15, -0.1) is 0 Å². The summed E-state index contributed by atoms with van der Waals surface area (Å²) in [5.41, 5.74) is 5.10. The lowest BCUT2D eigenvalue weighted by atomic mass is 10.0. The van der Waals surface area contributed by atoms with Crippen LogP contribution in [-0.4, -0.2) is 18.6 Å². The molecule has 0 N–H and O–H groups in total. The van der Waals surface area contributed by atoms with E-state index < -0.39 is 0 Å². The third-order valence-corrected chi connectivity index (χ3v) is 5.68. The van der Waals surface area contributed by atoms with Gasteiger partial charge in [0.2, 0.25) is 0 Å². The predicted molar refractivity (Wildman–Crippen MR) is 107 cm³/mol. The summed E-state index contributed by atoms with van der Waals surface area (Å²) in [6, 6.07) is 14.5. The van der Waals surface area contributed by atoms with E-state index in [1.807, 2.05) is 25.1 Å². The van der Waals surface area contributed by atoms with Crippen LogP contribution in [0.25, 0.3) is 11.0 Å². The van der Waals surface area contributed by atoms with Gasteiger partial charge in [-0.1, -0.05) is 12.1 Å². The molecule has 4 nitrogen and oxygen atoms in total. The average Bonchev–Trinajstić information content (AvgIpc) is 3.11. The Morgan fingerprint density at radius 1 is 1.11 bits per heavy atom. The van der Waals surface area contributed by atoms with Gasteiger partial charge in [0.1, 0.15) is 11.3 Å². The number of benzene rings is 2. The molecule has 0 aliphatic carbocycles. The van der Waals surface area contributed by atoms with E-state index in [1.165, 1.54) is 11.1 Å². The Kier molecular flexibility index (Phi) is 4.75. The van der Waals surface area contributed by atoms with E-state index in [9.17, 15) is 4.79 Å². The molecular formula is C23H25NO3. The molecule has 27 heavy (non-hydrogen) atoms. The summed E-state index contributed by atoms with van der Waals surface area (Å²) in [6.45, 7) is 5.92. The first-order valence-corrected chi connectivity index (χ1v) is 9.47. The molecule has 140 valence electrons. The van der Waals surface area contributed by atoms with Gasteiger partial charge in [-0.2, -0.15) is 0 Å². The molecule has 1 saturated heterocycles. The Hall–Kier alpha value is -2.59. The second-order valence-electron chi connectivity index (χ2n) is 7.42. The van der Waals surface area contributed by atoms with Gasteiger partial charge in [-0.05, 0) is 79.8 Å². The van der Waals surface area contributed by atoms with E-state index in [-0.39, 0.29) is 5.63 Å². The highest BCUT2D eigenvalue weighted by molar-refractivity contribution is 5.81. The van der Waals surface area contributed by atoms with Gasteiger partial charge in [0.25, 0.3) is 0 Å². The number of hydrogen-bond donors (Lipinski definition) is 0. The van der Waals surface area contributed by atoms with E-state index in [0.29, 0.717) is 11.6 Å². The fourth-order valence-corrected chi connectivity index (χ4v) is 4.05. The number of hydrogen-bond acceptors (Lipinski definition) is 4. The monoisotopic (exact) mass is 363 g/mol. The standard InChI is InChI=1S/C23H25NO3/c1-15-11-20-18(13-23(25)27-22(20)12-16(15)2)14-24-10-4-5-21(24)17-6-8-19(26-3)9-7-17/h6-9,11-13,21H,4-5,10,14H2,1-3H3/t21-/m1/s1. The highest BCUT2D eigenvalue weighted by Gasteiger charge is 2.26. The lowest BCUT2D eigenvalue weighted by Crippen LogP contribution is -2.23. The molecule has 0 saturated carbocycles. The Labute approximate surface area is 159 Å². The fourth-order valence-electron chi connectivity index (χ4n) is 4.05. The summed E-state index contributed by atoms with van der Waals surface area (Å²) in [5, 5.41) is 1.04. The second-order valence-corrected chi connectivity index (χ2v) is 7.42. The molecule has 0 amide bonds. The third kappa shape index (κ3) is 3.50. The SMILES string of the molecule is COc1ccc([C@H]2CCCN2Cc2cc(=O)oc3cc(C)c(C)cc23)cc1. The van der Waals surface area contributed by atoms with Crippen LogP contribution in [0.2, 0.25) is 0 Å². The number of nitrogens with zero attached hydrogens (tertiary/aromatic N) is 1. The van der Waals surface area contributed by atoms with Gasteiger partial charge < -0.3 is 9.15 Å². The van der Waals surface area contributed by atoms with Crippen molar-refractivity contribution in [3.63, 3.8) is 0 Å². The van der Waals surface area contributed by atoms with Crippen LogP contribution in [0.4, 0.5) is 0 Å². The smallest absolute Gasteiger partial charge is 0.336 e. The van der Waals surface area contributed by atoms with Crippen molar-refractivity contribution in [1.29, 1.82) is 0 Å². The molecule has 2 aromatic carbocycles. The first-order chi connectivity index (χ1) is 13.0. The molecule has 2 heterocycles. The van der Waals surface area contributed by atoms with Crippen molar-refractivity contribution in [1.82, 2.24) is 4.90 Å². The summed E-state index contributed by atoms with van der Waals surface area (Å²) in [4.78, 5) is 14.6. The first-order valence-electron chi connectivity index (χ1n) is 9.47. The summed E-state index contributed by atoms with van der Waals surface area (Å²) in [6.07, 6.45) is 2.29. The summed E-state index contributed by atoms with van der Waals surface area (Å²) in [5.74, 6) is 0.876. The maximum absolute atomic E-state index is 12.1. The minimum atomic E-state index is -0.277. The molecule has 1 aromatic heterocycles. The number of ether oxygens (including phenoxy) is 1. The van der Waals surface area contributed by atoms with Crippen LogP contribution < -0.4 is 10.4 Å². The van der Waals surface area contributed by atoms with Gasteiger partial charge in [0, 0.05) is 24.0 Å². The van der Waals surface area contributed by atoms with Gasteiger partial charge >= 0.3 is 5.63 Å². The molecule has 0 spiro atoms.